The van der Waals surface area contributed by atoms with Crippen molar-refractivity contribution in [1.29, 1.82) is 0 Å². The third-order valence-corrected chi connectivity index (χ3v) is 6.57. The van der Waals surface area contributed by atoms with E-state index >= 15 is 0 Å². The normalized spacial score (nSPS) is 12.1. The molecule has 0 amide bonds. The molecular formula is C17H20ClN3O2S2. The van der Waals surface area contributed by atoms with E-state index in [-0.39, 0.29) is 4.90 Å². The molecule has 0 aliphatic rings. The molecule has 0 saturated heterocycles. The summed E-state index contributed by atoms with van der Waals surface area (Å²) in [5, 5.41) is 0.656. The van der Waals surface area contributed by atoms with Crippen LogP contribution in [0.4, 0.5) is 5.69 Å². The van der Waals surface area contributed by atoms with Gasteiger partial charge in [-0.1, -0.05) is 29.3 Å². The lowest BCUT2D eigenvalue weighted by molar-refractivity contribution is 0.561. The number of aliphatic imine (C=N–C) groups is 1. The maximum atomic E-state index is 12.6. The molecule has 5 nitrogen and oxygen atoms in total. The Balaban J connectivity index is 2.07. The number of nitrogens with zero attached hydrogens (tertiary/aromatic N) is 3. The zero-order valence-electron chi connectivity index (χ0n) is 14.5. The number of hydrogen-bond acceptors (Lipinski definition) is 4. The van der Waals surface area contributed by atoms with E-state index in [0.29, 0.717) is 5.02 Å². The number of benzene rings is 2. The van der Waals surface area contributed by atoms with Crippen molar-refractivity contribution in [2.45, 2.75) is 18.7 Å². The van der Waals surface area contributed by atoms with Crippen molar-refractivity contribution in [3.63, 3.8) is 0 Å². The summed E-state index contributed by atoms with van der Waals surface area (Å²) < 4.78 is 28.0. The molecule has 0 heterocycles. The Labute approximate surface area is 158 Å². The van der Waals surface area contributed by atoms with Crippen LogP contribution in [0.15, 0.2) is 52.4 Å². The molecule has 0 N–H and O–H groups in total. The topological polar surface area (TPSA) is 53.0 Å². The average Bonchev–Trinajstić information content (AvgIpc) is 2.54. The fraction of sp³-hybridized carbons (Fsp3) is 0.235. The van der Waals surface area contributed by atoms with E-state index in [4.69, 9.17) is 11.6 Å². The summed E-state index contributed by atoms with van der Waals surface area (Å²) in [4.78, 5) is 4.62. The van der Waals surface area contributed by atoms with Crippen molar-refractivity contribution in [1.82, 2.24) is 8.02 Å². The van der Waals surface area contributed by atoms with Crippen LogP contribution in [0.5, 0.6) is 0 Å². The van der Waals surface area contributed by atoms with Gasteiger partial charge in [0.05, 0.1) is 22.7 Å². The highest BCUT2D eigenvalue weighted by Crippen LogP contribution is 2.24. The lowest BCUT2D eigenvalue weighted by Gasteiger charge is -2.20. The van der Waals surface area contributed by atoms with E-state index < -0.39 is 10.0 Å². The second-order valence-corrected chi connectivity index (χ2v) is 9.45. The minimum Gasteiger partial charge on any atom is -0.296 e. The van der Waals surface area contributed by atoms with Crippen molar-refractivity contribution >= 4 is 45.8 Å². The zero-order valence-corrected chi connectivity index (χ0v) is 16.9. The van der Waals surface area contributed by atoms with Gasteiger partial charge in [0.25, 0.3) is 10.0 Å². The SMILES string of the molecule is Cc1ccc(S(=O)(=O)N(C)SN(C)C=Nc2ccc(Cl)cc2C)cc1. The molecule has 0 radical (unpaired) electrons. The van der Waals surface area contributed by atoms with Gasteiger partial charge in [0.2, 0.25) is 0 Å². The van der Waals surface area contributed by atoms with Crippen LogP contribution in [0.25, 0.3) is 0 Å². The van der Waals surface area contributed by atoms with Crippen LogP contribution < -0.4 is 0 Å². The summed E-state index contributed by atoms with van der Waals surface area (Å²) >= 11 is 6.96. The summed E-state index contributed by atoms with van der Waals surface area (Å²) in [5.41, 5.74) is 2.74. The van der Waals surface area contributed by atoms with Crippen LogP contribution in [0.3, 0.4) is 0 Å². The standard InChI is InChI=1S/C17H20ClN3O2S2/c1-13-5-8-16(9-6-13)25(22,23)21(4)24-20(3)12-19-17-10-7-15(18)11-14(17)2/h5-12H,1-4H3. The van der Waals surface area contributed by atoms with Crippen LogP contribution in [-0.2, 0) is 10.0 Å². The van der Waals surface area contributed by atoms with E-state index in [1.807, 2.05) is 26.0 Å². The highest BCUT2D eigenvalue weighted by Gasteiger charge is 2.22. The van der Waals surface area contributed by atoms with Gasteiger partial charge in [0.15, 0.2) is 0 Å². The Bertz CT molecular complexity index is 868. The van der Waals surface area contributed by atoms with E-state index in [2.05, 4.69) is 4.99 Å². The highest BCUT2D eigenvalue weighted by molar-refractivity contribution is 8.07. The monoisotopic (exact) mass is 397 g/mol. The van der Waals surface area contributed by atoms with Crippen molar-refractivity contribution in [2.75, 3.05) is 14.1 Å². The van der Waals surface area contributed by atoms with Gasteiger partial charge < -0.3 is 0 Å². The van der Waals surface area contributed by atoms with Crippen LogP contribution in [0, 0.1) is 13.8 Å². The maximum Gasteiger partial charge on any atom is 0.253 e. The first-order chi connectivity index (χ1) is 11.7. The molecule has 0 saturated carbocycles. The van der Waals surface area contributed by atoms with Crippen LogP contribution >= 0.6 is 23.7 Å². The van der Waals surface area contributed by atoms with Crippen LogP contribution in [0.2, 0.25) is 5.02 Å². The molecule has 0 aliphatic heterocycles. The smallest absolute Gasteiger partial charge is 0.253 e. The molecule has 0 unspecified atom stereocenters. The number of hydrogen-bond donors (Lipinski definition) is 0. The lowest BCUT2D eigenvalue weighted by Crippen LogP contribution is -2.25. The van der Waals surface area contributed by atoms with Gasteiger partial charge in [-0.15, -0.1) is 3.71 Å². The van der Waals surface area contributed by atoms with E-state index in [1.54, 1.807) is 48.0 Å². The third kappa shape index (κ3) is 5.22. The van der Waals surface area contributed by atoms with E-state index in [1.165, 1.54) is 10.8 Å². The Kier molecular flexibility index (Phi) is 6.51. The molecule has 134 valence electrons. The number of rotatable bonds is 6. The molecular weight excluding hydrogens is 378 g/mol. The second-order valence-electron chi connectivity index (χ2n) is 5.53. The number of halogens is 1. The van der Waals surface area contributed by atoms with Gasteiger partial charge >= 0.3 is 0 Å². The molecule has 0 atom stereocenters. The molecule has 0 spiro atoms. The van der Waals surface area contributed by atoms with Gasteiger partial charge in [0, 0.05) is 19.1 Å². The minimum atomic E-state index is -3.57. The average molecular weight is 398 g/mol. The van der Waals surface area contributed by atoms with E-state index in [0.717, 1.165) is 28.9 Å². The third-order valence-electron chi connectivity index (χ3n) is 3.42. The Hall–Kier alpha value is -1.54. The molecule has 2 rings (SSSR count). The van der Waals surface area contributed by atoms with Gasteiger partial charge in [-0.2, -0.15) is 0 Å². The van der Waals surface area contributed by atoms with Gasteiger partial charge in [-0.25, -0.2) is 13.4 Å². The van der Waals surface area contributed by atoms with Gasteiger partial charge in [-0.05, 0) is 49.7 Å². The van der Waals surface area contributed by atoms with Crippen molar-refractivity contribution < 1.29 is 8.42 Å². The van der Waals surface area contributed by atoms with Crippen molar-refractivity contribution in [2.24, 2.45) is 4.99 Å². The predicted octanol–water partition coefficient (Wildman–Crippen LogP) is 4.43. The van der Waals surface area contributed by atoms with Gasteiger partial charge in [0.1, 0.15) is 6.34 Å². The molecule has 25 heavy (non-hydrogen) atoms. The number of aryl methyl sites for hydroxylation is 2. The summed E-state index contributed by atoms with van der Waals surface area (Å²) in [6.07, 6.45) is 1.57. The zero-order chi connectivity index (χ0) is 18.6. The molecule has 2 aromatic rings. The lowest BCUT2D eigenvalue weighted by atomic mass is 10.2. The summed E-state index contributed by atoms with van der Waals surface area (Å²) in [7, 11) is -0.324. The maximum absolute atomic E-state index is 12.6. The summed E-state index contributed by atoms with van der Waals surface area (Å²) in [5.74, 6) is 0. The first-order valence-electron chi connectivity index (χ1n) is 7.47. The van der Waals surface area contributed by atoms with Crippen LogP contribution in [0.1, 0.15) is 11.1 Å². The Morgan fingerprint density at radius 1 is 1.08 bits per heavy atom. The molecule has 0 aromatic heterocycles. The fourth-order valence-electron chi connectivity index (χ4n) is 2.01. The predicted molar refractivity (Wildman–Crippen MR) is 106 cm³/mol. The highest BCUT2D eigenvalue weighted by atomic mass is 35.5. The van der Waals surface area contributed by atoms with Crippen molar-refractivity contribution in [3.05, 3.63) is 58.6 Å². The first kappa shape index (κ1) is 19.8. The largest absolute Gasteiger partial charge is 0.296 e. The van der Waals surface area contributed by atoms with Crippen LogP contribution in [-0.4, -0.2) is 36.9 Å². The molecule has 2 aromatic carbocycles. The second kappa shape index (κ2) is 8.23. The molecule has 0 fully saturated rings. The summed E-state index contributed by atoms with van der Waals surface area (Å²) in [6, 6.07) is 12.2. The Morgan fingerprint density at radius 2 is 1.72 bits per heavy atom. The summed E-state index contributed by atoms with van der Waals surface area (Å²) in [6.45, 7) is 3.83. The quantitative estimate of drug-likeness (QED) is 0.411. The van der Waals surface area contributed by atoms with Crippen molar-refractivity contribution in [3.8, 4) is 0 Å². The Morgan fingerprint density at radius 3 is 2.32 bits per heavy atom. The molecule has 8 heteroatoms. The fourth-order valence-corrected chi connectivity index (χ4v) is 4.39. The minimum absolute atomic E-state index is 0.256. The number of sulfonamides is 1. The van der Waals surface area contributed by atoms with Gasteiger partial charge in [-0.3, -0.25) is 4.31 Å². The molecule has 0 bridgehead atoms. The van der Waals surface area contributed by atoms with E-state index in [9.17, 15) is 8.42 Å². The first-order valence-corrected chi connectivity index (χ1v) is 10.0. The molecule has 0 aliphatic carbocycles.